The summed E-state index contributed by atoms with van der Waals surface area (Å²) in [6.45, 7) is 3.14. The zero-order valence-corrected chi connectivity index (χ0v) is 11.4. The summed E-state index contributed by atoms with van der Waals surface area (Å²) in [5.74, 6) is 0.979. The van der Waals surface area contributed by atoms with Crippen LogP contribution in [0.1, 0.15) is 26.2 Å². The highest BCUT2D eigenvalue weighted by Gasteiger charge is 2.21. The molecule has 2 rings (SSSR count). The summed E-state index contributed by atoms with van der Waals surface area (Å²) in [5.41, 5.74) is 0. The first-order valence-corrected chi connectivity index (χ1v) is 7.58. The number of benzene rings is 1. The maximum Gasteiger partial charge on any atom is 0.119 e. The molecule has 0 saturated heterocycles. The fourth-order valence-corrected chi connectivity index (χ4v) is 2.11. The summed E-state index contributed by atoms with van der Waals surface area (Å²) < 4.78 is 5.97. The molecule has 1 N–H and O–H groups in total. The molecule has 1 aliphatic carbocycles. The molecule has 1 unspecified atom stereocenters. The minimum Gasteiger partial charge on any atom is -0.489 e. The number of nitrogens with one attached hydrogen (secondary N) is 1. The summed E-state index contributed by atoms with van der Waals surface area (Å²) in [5, 5.41) is 3.52. The van der Waals surface area contributed by atoms with Gasteiger partial charge in [-0.15, -0.1) is 11.8 Å². The Bertz CT molecular complexity index is 335. The van der Waals surface area contributed by atoms with Gasteiger partial charge in [0.05, 0.1) is 0 Å². The Balaban J connectivity index is 1.82. The number of ether oxygens (including phenoxy) is 1. The highest BCUT2D eigenvalue weighted by Crippen LogP contribution is 2.21. The molecule has 17 heavy (non-hydrogen) atoms. The van der Waals surface area contributed by atoms with Gasteiger partial charge >= 0.3 is 0 Å². The van der Waals surface area contributed by atoms with Crippen molar-refractivity contribution in [1.29, 1.82) is 0 Å². The van der Waals surface area contributed by atoms with Crippen molar-refractivity contribution in [1.82, 2.24) is 5.32 Å². The number of hydrogen-bond acceptors (Lipinski definition) is 3. The Hall–Kier alpha value is -0.670. The summed E-state index contributed by atoms with van der Waals surface area (Å²) in [4.78, 5) is 1.28. The highest BCUT2D eigenvalue weighted by molar-refractivity contribution is 7.98. The molecule has 0 radical (unpaired) electrons. The van der Waals surface area contributed by atoms with Gasteiger partial charge in [-0.2, -0.15) is 0 Å². The van der Waals surface area contributed by atoms with Crippen LogP contribution in [0.25, 0.3) is 0 Å². The predicted molar refractivity (Wildman–Crippen MR) is 74.0 cm³/mol. The van der Waals surface area contributed by atoms with E-state index in [0.29, 0.717) is 0 Å². The molecule has 0 heterocycles. The Morgan fingerprint density at radius 3 is 2.59 bits per heavy atom. The molecule has 94 valence electrons. The molecule has 0 amide bonds. The van der Waals surface area contributed by atoms with Crippen LogP contribution in [0.4, 0.5) is 0 Å². The maximum absolute atomic E-state index is 5.97. The van der Waals surface area contributed by atoms with Crippen LogP contribution in [0.5, 0.6) is 5.75 Å². The lowest BCUT2D eigenvalue weighted by Gasteiger charge is -2.18. The molecule has 0 aliphatic heterocycles. The van der Waals surface area contributed by atoms with E-state index in [-0.39, 0.29) is 6.10 Å². The molecule has 1 atom stereocenters. The highest BCUT2D eigenvalue weighted by atomic mass is 32.2. The Kier molecular flexibility index (Phi) is 4.75. The van der Waals surface area contributed by atoms with Crippen LogP contribution >= 0.6 is 11.8 Å². The van der Waals surface area contributed by atoms with E-state index in [2.05, 4.69) is 42.8 Å². The van der Waals surface area contributed by atoms with Gasteiger partial charge in [0.2, 0.25) is 0 Å². The molecular weight excluding hydrogens is 230 g/mol. The van der Waals surface area contributed by atoms with Crippen molar-refractivity contribution in [3.63, 3.8) is 0 Å². The summed E-state index contributed by atoms with van der Waals surface area (Å²) in [6.07, 6.45) is 6.09. The van der Waals surface area contributed by atoms with Crippen LogP contribution < -0.4 is 10.1 Å². The minimum absolute atomic E-state index is 0.288. The SMILES string of the molecule is CCC(CNC1CC1)Oc1ccc(SC)cc1. The van der Waals surface area contributed by atoms with E-state index < -0.39 is 0 Å². The molecule has 1 saturated carbocycles. The van der Waals surface area contributed by atoms with Crippen molar-refractivity contribution in [3.8, 4) is 5.75 Å². The Labute approximate surface area is 108 Å². The smallest absolute Gasteiger partial charge is 0.119 e. The van der Waals surface area contributed by atoms with Crippen LogP contribution in [0.3, 0.4) is 0 Å². The second-order valence-electron chi connectivity index (χ2n) is 4.51. The van der Waals surface area contributed by atoms with E-state index >= 15 is 0 Å². The van der Waals surface area contributed by atoms with Crippen molar-refractivity contribution in [3.05, 3.63) is 24.3 Å². The van der Waals surface area contributed by atoms with E-state index in [1.54, 1.807) is 11.8 Å². The first-order chi connectivity index (χ1) is 8.31. The van der Waals surface area contributed by atoms with Gasteiger partial charge < -0.3 is 10.1 Å². The van der Waals surface area contributed by atoms with Gasteiger partial charge in [-0.1, -0.05) is 6.92 Å². The van der Waals surface area contributed by atoms with E-state index in [4.69, 9.17) is 4.74 Å². The predicted octanol–water partition coefficient (Wildman–Crippen LogP) is 3.32. The molecule has 1 aromatic carbocycles. The lowest BCUT2D eigenvalue weighted by Crippen LogP contribution is -2.32. The Morgan fingerprint density at radius 2 is 2.06 bits per heavy atom. The van der Waals surface area contributed by atoms with E-state index in [1.165, 1.54) is 17.7 Å². The number of thioether (sulfide) groups is 1. The van der Waals surface area contributed by atoms with Crippen LogP contribution in [0.2, 0.25) is 0 Å². The third kappa shape index (κ3) is 4.25. The van der Waals surface area contributed by atoms with Gasteiger partial charge in [-0.3, -0.25) is 0 Å². The third-order valence-corrected chi connectivity index (χ3v) is 3.77. The van der Waals surface area contributed by atoms with Gasteiger partial charge in [0, 0.05) is 17.5 Å². The van der Waals surface area contributed by atoms with E-state index in [1.807, 2.05) is 0 Å². The van der Waals surface area contributed by atoms with Crippen molar-refractivity contribution in [2.45, 2.75) is 43.2 Å². The molecule has 1 aliphatic rings. The van der Waals surface area contributed by atoms with Gasteiger partial charge in [0.25, 0.3) is 0 Å². The second-order valence-corrected chi connectivity index (χ2v) is 5.39. The minimum atomic E-state index is 0.288. The quantitative estimate of drug-likeness (QED) is 0.751. The van der Waals surface area contributed by atoms with Crippen molar-refractivity contribution in [2.24, 2.45) is 0 Å². The molecule has 2 nitrogen and oxygen atoms in total. The molecular formula is C14H21NOS. The lowest BCUT2D eigenvalue weighted by molar-refractivity contribution is 0.193. The van der Waals surface area contributed by atoms with Crippen molar-refractivity contribution in [2.75, 3.05) is 12.8 Å². The standard InChI is InChI=1S/C14H21NOS/c1-3-12(10-15-11-4-5-11)16-13-6-8-14(17-2)9-7-13/h6-9,11-12,15H,3-5,10H2,1-2H3. The van der Waals surface area contributed by atoms with E-state index in [0.717, 1.165) is 24.8 Å². The average Bonchev–Trinajstić information content (AvgIpc) is 3.19. The topological polar surface area (TPSA) is 21.3 Å². The first kappa shape index (κ1) is 12.8. The number of rotatable bonds is 7. The van der Waals surface area contributed by atoms with Gasteiger partial charge in [-0.25, -0.2) is 0 Å². The van der Waals surface area contributed by atoms with Crippen LogP contribution in [0.15, 0.2) is 29.2 Å². The van der Waals surface area contributed by atoms with Gasteiger partial charge in [0.1, 0.15) is 11.9 Å². The normalized spacial score (nSPS) is 16.8. The Morgan fingerprint density at radius 1 is 1.35 bits per heavy atom. The lowest BCUT2D eigenvalue weighted by atomic mass is 10.2. The van der Waals surface area contributed by atoms with Crippen LogP contribution in [-0.4, -0.2) is 24.9 Å². The second kappa shape index (κ2) is 6.31. The van der Waals surface area contributed by atoms with Gasteiger partial charge in [-0.05, 0) is 49.8 Å². The molecule has 3 heteroatoms. The zero-order chi connectivity index (χ0) is 12.1. The fourth-order valence-electron chi connectivity index (χ4n) is 1.70. The summed E-state index contributed by atoms with van der Waals surface area (Å²) in [6, 6.07) is 9.10. The molecule has 0 aromatic heterocycles. The average molecular weight is 251 g/mol. The third-order valence-electron chi connectivity index (χ3n) is 3.03. The van der Waals surface area contributed by atoms with Crippen LogP contribution in [0, 0.1) is 0 Å². The fraction of sp³-hybridized carbons (Fsp3) is 0.571. The molecule has 0 spiro atoms. The molecule has 0 bridgehead atoms. The van der Waals surface area contributed by atoms with Crippen molar-refractivity contribution >= 4 is 11.8 Å². The van der Waals surface area contributed by atoms with Crippen LogP contribution in [-0.2, 0) is 0 Å². The summed E-state index contributed by atoms with van der Waals surface area (Å²) in [7, 11) is 0. The summed E-state index contributed by atoms with van der Waals surface area (Å²) >= 11 is 1.76. The van der Waals surface area contributed by atoms with Crippen molar-refractivity contribution < 1.29 is 4.74 Å². The largest absolute Gasteiger partial charge is 0.489 e. The van der Waals surface area contributed by atoms with Gasteiger partial charge in [0.15, 0.2) is 0 Å². The molecule has 1 fully saturated rings. The van der Waals surface area contributed by atoms with E-state index in [9.17, 15) is 0 Å². The molecule has 1 aromatic rings. The zero-order valence-electron chi connectivity index (χ0n) is 10.6. The number of hydrogen-bond donors (Lipinski definition) is 1. The first-order valence-electron chi connectivity index (χ1n) is 6.36. The maximum atomic E-state index is 5.97. The monoisotopic (exact) mass is 251 g/mol.